The average Bonchev–Trinajstić information content (AvgIpc) is 2.91. The summed E-state index contributed by atoms with van der Waals surface area (Å²) >= 11 is 0. The van der Waals surface area contributed by atoms with Gasteiger partial charge in [0.25, 0.3) is 0 Å². The van der Waals surface area contributed by atoms with Crippen LogP contribution in [0.5, 0.6) is 0 Å². The lowest BCUT2D eigenvalue weighted by Gasteiger charge is -2.35. The molecule has 1 spiro atoms. The maximum absolute atomic E-state index is 13.5. The van der Waals surface area contributed by atoms with Crippen molar-refractivity contribution >= 4 is 11.9 Å². The van der Waals surface area contributed by atoms with E-state index in [0.29, 0.717) is 19.5 Å². The molecule has 2 atom stereocenters. The van der Waals surface area contributed by atoms with Gasteiger partial charge in [-0.2, -0.15) is 0 Å². The smallest absolute Gasteiger partial charge is 0.335 e. The fraction of sp³-hybridized carbons (Fsp3) is 0.391. The summed E-state index contributed by atoms with van der Waals surface area (Å²) in [5, 5.41) is 12.5. The predicted molar refractivity (Wildman–Crippen MR) is 107 cm³/mol. The first-order valence-corrected chi connectivity index (χ1v) is 10.1. The third-order valence-electron chi connectivity index (χ3n) is 6.13. The maximum atomic E-state index is 13.5. The molecule has 2 fully saturated rings. The summed E-state index contributed by atoms with van der Waals surface area (Å²) in [5.41, 5.74) is 1.85. The van der Waals surface area contributed by atoms with Crippen molar-refractivity contribution in [2.75, 3.05) is 13.1 Å². The molecule has 2 heterocycles. The molecule has 2 saturated heterocycles. The third-order valence-corrected chi connectivity index (χ3v) is 6.13. The fourth-order valence-corrected chi connectivity index (χ4v) is 4.82. The minimum atomic E-state index is -0.940. The van der Waals surface area contributed by atoms with E-state index in [-0.39, 0.29) is 28.7 Å². The normalized spacial score (nSPS) is 25.0. The zero-order valence-electron chi connectivity index (χ0n) is 16.2. The zero-order valence-corrected chi connectivity index (χ0v) is 16.2. The highest BCUT2D eigenvalue weighted by atomic mass is 19.1. The molecule has 0 saturated carbocycles. The molecule has 2 aliphatic heterocycles. The van der Waals surface area contributed by atoms with Gasteiger partial charge in [0.2, 0.25) is 5.91 Å². The number of likely N-dealkylation sites (tertiary alicyclic amines) is 1. The Morgan fingerprint density at radius 2 is 2.00 bits per heavy atom. The number of amides is 1. The van der Waals surface area contributed by atoms with Crippen LogP contribution < -0.4 is 5.32 Å². The summed E-state index contributed by atoms with van der Waals surface area (Å²) in [6, 6.07) is 13.5. The number of halogens is 1. The molecule has 6 heteroatoms. The predicted octanol–water partition coefficient (Wildman–Crippen LogP) is 3.55. The Kier molecular flexibility index (Phi) is 5.37. The first-order chi connectivity index (χ1) is 13.9. The zero-order chi connectivity index (χ0) is 20.4. The van der Waals surface area contributed by atoms with Crippen molar-refractivity contribution < 1.29 is 19.1 Å². The Labute approximate surface area is 169 Å². The molecule has 2 aromatic rings. The van der Waals surface area contributed by atoms with E-state index in [9.17, 15) is 19.1 Å². The topological polar surface area (TPSA) is 69.6 Å². The molecule has 2 aromatic carbocycles. The monoisotopic (exact) mass is 396 g/mol. The molecule has 0 aliphatic carbocycles. The summed E-state index contributed by atoms with van der Waals surface area (Å²) in [6.07, 6.45) is 3.27. The highest BCUT2D eigenvalue weighted by Crippen LogP contribution is 2.41. The van der Waals surface area contributed by atoms with Gasteiger partial charge in [-0.3, -0.25) is 9.69 Å². The van der Waals surface area contributed by atoms with Crippen LogP contribution >= 0.6 is 0 Å². The largest absolute Gasteiger partial charge is 0.478 e. The first kappa shape index (κ1) is 19.6. The van der Waals surface area contributed by atoms with Crippen LogP contribution in [0.1, 0.15) is 53.1 Å². The Morgan fingerprint density at radius 3 is 2.76 bits per heavy atom. The Bertz CT molecular complexity index is 915. The van der Waals surface area contributed by atoms with E-state index in [1.807, 2.05) is 18.2 Å². The van der Waals surface area contributed by atoms with E-state index < -0.39 is 5.97 Å². The summed E-state index contributed by atoms with van der Waals surface area (Å²) in [7, 11) is 0. The summed E-state index contributed by atoms with van der Waals surface area (Å²) in [5.74, 6) is -1.07. The van der Waals surface area contributed by atoms with Crippen molar-refractivity contribution in [1.82, 2.24) is 10.2 Å². The molecule has 2 N–H and O–H groups in total. The van der Waals surface area contributed by atoms with Gasteiger partial charge in [0.05, 0.1) is 11.1 Å². The van der Waals surface area contributed by atoms with Gasteiger partial charge < -0.3 is 10.4 Å². The second kappa shape index (κ2) is 7.95. The van der Waals surface area contributed by atoms with Crippen LogP contribution in [0.4, 0.5) is 4.39 Å². The number of hydrogen-bond donors (Lipinski definition) is 2. The Balaban J connectivity index is 1.62. The van der Waals surface area contributed by atoms with Crippen molar-refractivity contribution in [3.05, 3.63) is 71.0 Å². The summed E-state index contributed by atoms with van der Waals surface area (Å²) in [6.45, 7) is 2.03. The lowest BCUT2D eigenvalue weighted by molar-refractivity contribution is -0.122. The lowest BCUT2D eigenvalue weighted by atomic mass is 9.79. The number of benzene rings is 2. The molecule has 5 nitrogen and oxygen atoms in total. The first-order valence-electron chi connectivity index (χ1n) is 10.1. The summed E-state index contributed by atoms with van der Waals surface area (Å²) < 4.78 is 13.5. The van der Waals surface area contributed by atoms with Gasteiger partial charge >= 0.3 is 5.97 Å². The number of carboxylic acid groups (broad SMARTS) is 1. The number of nitrogens with one attached hydrogen (secondary N) is 1. The SMILES string of the molecule is O=C1CCCC[C@]2(CN(Cc3cccc(C(=O)O)c3)C[C@H]2c2ccc(F)cc2)N1. The van der Waals surface area contributed by atoms with Crippen molar-refractivity contribution in [3.8, 4) is 0 Å². The van der Waals surface area contributed by atoms with Crippen molar-refractivity contribution in [3.63, 3.8) is 0 Å². The van der Waals surface area contributed by atoms with E-state index in [1.165, 1.54) is 12.1 Å². The quantitative estimate of drug-likeness (QED) is 0.829. The van der Waals surface area contributed by atoms with Gasteiger partial charge in [-0.15, -0.1) is 0 Å². The molecular weight excluding hydrogens is 371 g/mol. The minimum Gasteiger partial charge on any atom is -0.478 e. The number of rotatable bonds is 4. The fourth-order valence-electron chi connectivity index (χ4n) is 4.82. The van der Waals surface area contributed by atoms with Crippen molar-refractivity contribution in [2.24, 2.45) is 0 Å². The van der Waals surface area contributed by atoms with Crippen LogP contribution in [0.25, 0.3) is 0 Å². The van der Waals surface area contributed by atoms with E-state index in [2.05, 4.69) is 10.2 Å². The molecular formula is C23H25FN2O3. The lowest BCUT2D eigenvalue weighted by Crippen LogP contribution is -2.52. The van der Waals surface area contributed by atoms with Crippen LogP contribution in [0.2, 0.25) is 0 Å². The van der Waals surface area contributed by atoms with Gasteiger partial charge in [0, 0.05) is 32.0 Å². The minimum absolute atomic E-state index is 0.0628. The highest BCUT2D eigenvalue weighted by molar-refractivity contribution is 5.87. The second-order valence-electron chi connectivity index (χ2n) is 8.19. The van der Waals surface area contributed by atoms with Gasteiger partial charge in [-0.25, -0.2) is 9.18 Å². The summed E-state index contributed by atoms with van der Waals surface area (Å²) in [4.78, 5) is 25.9. The number of aromatic carboxylic acids is 1. The van der Waals surface area contributed by atoms with Gasteiger partial charge in [-0.1, -0.05) is 30.7 Å². The molecule has 0 aromatic heterocycles. The van der Waals surface area contributed by atoms with E-state index in [0.717, 1.165) is 36.9 Å². The van der Waals surface area contributed by atoms with Crippen LogP contribution in [0, 0.1) is 5.82 Å². The van der Waals surface area contributed by atoms with Gasteiger partial charge in [0.1, 0.15) is 5.82 Å². The molecule has 1 amide bonds. The number of carbonyl (C=O) groups excluding carboxylic acids is 1. The molecule has 0 unspecified atom stereocenters. The van der Waals surface area contributed by atoms with E-state index in [4.69, 9.17) is 0 Å². The van der Waals surface area contributed by atoms with Crippen molar-refractivity contribution in [1.29, 1.82) is 0 Å². The maximum Gasteiger partial charge on any atom is 0.335 e. The second-order valence-corrected chi connectivity index (χ2v) is 8.19. The molecule has 0 bridgehead atoms. The third kappa shape index (κ3) is 4.17. The number of carboxylic acids is 1. The molecule has 29 heavy (non-hydrogen) atoms. The number of carbonyl (C=O) groups is 2. The molecule has 2 aliphatic rings. The van der Waals surface area contributed by atoms with Gasteiger partial charge in [0.15, 0.2) is 0 Å². The van der Waals surface area contributed by atoms with E-state index >= 15 is 0 Å². The average molecular weight is 396 g/mol. The van der Waals surface area contributed by atoms with Crippen molar-refractivity contribution in [2.45, 2.75) is 43.7 Å². The van der Waals surface area contributed by atoms with Crippen LogP contribution in [0.15, 0.2) is 48.5 Å². The molecule has 152 valence electrons. The Morgan fingerprint density at radius 1 is 1.21 bits per heavy atom. The van der Waals surface area contributed by atoms with Crippen LogP contribution in [-0.2, 0) is 11.3 Å². The standard InChI is InChI=1S/C23H25FN2O3/c24-19-9-7-17(8-10-19)20-14-26(13-16-4-3-5-18(12-16)22(28)29)15-23(20)11-2-1-6-21(27)25-23/h3-5,7-10,12,20H,1-2,6,11,13-15H2,(H,25,27)(H,28,29)/t20-,23+/m0/s1. The number of nitrogens with zero attached hydrogens (tertiary/aromatic N) is 1. The van der Waals surface area contributed by atoms with E-state index in [1.54, 1.807) is 18.2 Å². The molecule has 4 rings (SSSR count). The Hall–Kier alpha value is -2.73. The number of hydrogen-bond acceptors (Lipinski definition) is 3. The van der Waals surface area contributed by atoms with Crippen LogP contribution in [0.3, 0.4) is 0 Å². The highest BCUT2D eigenvalue weighted by Gasteiger charge is 2.48. The van der Waals surface area contributed by atoms with Gasteiger partial charge in [-0.05, 0) is 48.2 Å². The molecule has 0 radical (unpaired) electrons. The van der Waals surface area contributed by atoms with Crippen LogP contribution in [-0.4, -0.2) is 40.5 Å².